The van der Waals surface area contributed by atoms with Crippen molar-refractivity contribution < 1.29 is 14.3 Å². The van der Waals surface area contributed by atoms with Crippen molar-refractivity contribution in [2.75, 3.05) is 20.2 Å². The molecule has 0 radical (unpaired) electrons. The second kappa shape index (κ2) is 8.06. The summed E-state index contributed by atoms with van der Waals surface area (Å²) in [5.41, 5.74) is 0. The first-order valence-electron chi connectivity index (χ1n) is 6.29. The summed E-state index contributed by atoms with van der Waals surface area (Å²) in [7, 11) is 1.33. The van der Waals surface area contributed by atoms with Gasteiger partial charge in [-0.3, -0.25) is 14.9 Å². The summed E-state index contributed by atoms with van der Waals surface area (Å²) in [6.07, 6.45) is 7.08. The van der Waals surface area contributed by atoms with Crippen LogP contribution in [-0.4, -0.2) is 38.1 Å². The van der Waals surface area contributed by atoms with Gasteiger partial charge in [0.15, 0.2) is 0 Å². The highest BCUT2D eigenvalue weighted by Gasteiger charge is 2.14. The Morgan fingerprint density at radius 3 is 2.35 bits per heavy atom. The fourth-order valence-electron chi connectivity index (χ4n) is 2.05. The van der Waals surface area contributed by atoms with Crippen molar-refractivity contribution in [2.24, 2.45) is 0 Å². The van der Waals surface area contributed by atoms with Crippen molar-refractivity contribution in [3.63, 3.8) is 0 Å². The number of esters is 1. The Morgan fingerprint density at radius 2 is 1.76 bits per heavy atom. The molecule has 1 fully saturated rings. The normalized spacial score (nSPS) is 17.2. The van der Waals surface area contributed by atoms with Gasteiger partial charge in [-0.15, -0.1) is 0 Å². The van der Waals surface area contributed by atoms with E-state index in [4.69, 9.17) is 0 Å². The fourth-order valence-corrected chi connectivity index (χ4v) is 2.05. The van der Waals surface area contributed by atoms with E-state index in [-0.39, 0.29) is 25.0 Å². The van der Waals surface area contributed by atoms with Crippen LogP contribution in [0.3, 0.4) is 0 Å². The molecule has 5 nitrogen and oxygen atoms in total. The first-order valence-corrected chi connectivity index (χ1v) is 6.29. The minimum atomic E-state index is -0.354. The number of nitrogens with one attached hydrogen (secondary N) is 2. The van der Waals surface area contributed by atoms with Gasteiger partial charge in [-0.1, -0.05) is 25.7 Å². The van der Waals surface area contributed by atoms with E-state index in [1.807, 2.05) is 0 Å². The molecule has 1 aliphatic rings. The van der Waals surface area contributed by atoms with Crippen molar-refractivity contribution >= 4 is 11.9 Å². The molecule has 1 rings (SSSR count). The second-order valence-electron chi connectivity index (χ2n) is 4.44. The van der Waals surface area contributed by atoms with Crippen molar-refractivity contribution in [3.05, 3.63) is 0 Å². The molecule has 0 aromatic carbocycles. The van der Waals surface area contributed by atoms with Crippen molar-refractivity contribution in [3.8, 4) is 0 Å². The minimum Gasteiger partial charge on any atom is -0.468 e. The Kier molecular flexibility index (Phi) is 6.62. The third-order valence-electron chi connectivity index (χ3n) is 3.00. The molecule has 5 heteroatoms. The molecular weight excluding hydrogens is 220 g/mol. The van der Waals surface area contributed by atoms with Crippen LogP contribution in [-0.2, 0) is 14.3 Å². The molecule has 2 N–H and O–H groups in total. The number of hydrogen-bond acceptors (Lipinski definition) is 4. The number of ether oxygens (including phenoxy) is 1. The quantitative estimate of drug-likeness (QED) is 0.547. The van der Waals surface area contributed by atoms with E-state index < -0.39 is 0 Å². The van der Waals surface area contributed by atoms with Crippen molar-refractivity contribution in [1.29, 1.82) is 0 Å². The molecule has 0 saturated heterocycles. The van der Waals surface area contributed by atoms with E-state index in [0.717, 1.165) is 12.8 Å². The number of carbonyl (C=O) groups excluding carboxylic acids is 2. The summed E-state index contributed by atoms with van der Waals surface area (Å²) in [5, 5.41) is 5.75. The largest absolute Gasteiger partial charge is 0.468 e. The van der Waals surface area contributed by atoms with Gasteiger partial charge in [-0.2, -0.15) is 0 Å². The highest BCUT2D eigenvalue weighted by molar-refractivity contribution is 5.79. The monoisotopic (exact) mass is 242 g/mol. The van der Waals surface area contributed by atoms with Crippen LogP contribution < -0.4 is 10.6 Å². The van der Waals surface area contributed by atoms with Crippen molar-refractivity contribution in [1.82, 2.24) is 10.6 Å². The molecule has 0 heterocycles. The Bertz CT molecular complexity index is 248. The Labute approximate surface area is 102 Å². The van der Waals surface area contributed by atoms with Crippen LogP contribution in [0.1, 0.15) is 38.5 Å². The molecule has 0 atom stereocenters. The Balaban J connectivity index is 2.13. The van der Waals surface area contributed by atoms with Crippen LogP contribution in [0.4, 0.5) is 0 Å². The molecule has 0 aromatic rings. The van der Waals surface area contributed by atoms with E-state index in [9.17, 15) is 9.59 Å². The maximum Gasteiger partial charge on any atom is 0.319 e. The van der Waals surface area contributed by atoms with Gasteiger partial charge in [-0.05, 0) is 12.8 Å². The van der Waals surface area contributed by atoms with Crippen LogP contribution in [0.5, 0.6) is 0 Å². The second-order valence-corrected chi connectivity index (χ2v) is 4.44. The fraction of sp³-hybridized carbons (Fsp3) is 0.833. The van der Waals surface area contributed by atoms with E-state index in [2.05, 4.69) is 15.4 Å². The van der Waals surface area contributed by atoms with Gasteiger partial charge >= 0.3 is 5.97 Å². The van der Waals surface area contributed by atoms with Crippen LogP contribution in [0.15, 0.2) is 0 Å². The van der Waals surface area contributed by atoms with Crippen LogP contribution in [0, 0.1) is 0 Å². The van der Waals surface area contributed by atoms with Crippen LogP contribution >= 0.6 is 0 Å². The summed E-state index contributed by atoms with van der Waals surface area (Å²) in [6.45, 7) is 0.250. The topological polar surface area (TPSA) is 67.4 Å². The summed E-state index contributed by atoms with van der Waals surface area (Å²) >= 11 is 0. The van der Waals surface area contributed by atoms with Gasteiger partial charge in [0.2, 0.25) is 5.91 Å². The predicted molar refractivity (Wildman–Crippen MR) is 64.5 cm³/mol. The number of methoxy groups -OCH3 is 1. The maximum atomic E-state index is 11.6. The summed E-state index contributed by atoms with van der Waals surface area (Å²) < 4.78 is 4.47. The zero-order chi connectivity index (χ0) is 12.5. The highest BCUT2D eigenvalue weighted by Crippen LogP contribution is 2.16. The van der Waals surface area contributed by atoms with Crippen LogP contribution in [0.2, 0.25) is 0 Å². The zero-order valence-electron chi connectivity index (χ0n) is 10.5. The van der Waals surface area contributed by atoms with E-state index in [1.165, 1.54) is 32.8 Å². The van der Waals surface area contributed by atoms with Crippen molar-refractivity contribution in [2.45, 2.75) is 44.6 Å². The standard InChI is InChI=1S/C12H22N2O3/c1-17-12(16)9-13-8-11(15)14-10-6-4-2-3-5-7-10/h10,13H,2-9H2,1H3,(H,14,15). The maximum absolute atomic E-state index is 11.6. The molecule has 0 aliphatic heterocycles. The van der Waals surface area contributed by atoms with E-state index >= 15 is 0 Å². The Morgan fingerprint density at radius 1 is 1.12 bits per heavy atom. The lowest BCUT2D eigenvalue weighted by molar-refractivity contribution is -0.139. The SMILES string of the molecule is COC(=O)CNCC(=O)NC1CCCCCC1. The molecule has 0 aromatic heterocycles. The number of amides is 1. The average molecular weight is 242 g/mol. The highest BCUT2D eigenvalue weighted by atomic mass is 16.5. The lowest BCUT2D eigenvalue weighted by Crippen LogP contribution is -2.41. The van der Waals surface area contributed by atoms with Gasteiger partial charge in [0.05, 0.1) is 20.2 Å². The molecular formula is C12H22N2O3. The molecule has 17 heavy (non-hydrogen) atoms. The van der Waals surface area contributed by atoms with Crippen LogP contribution in [0.25, 0.3) is 0 Å². The van der Waals surface area contributed by atoms with E-state index in [1.54, 1.807) is 0 Å². The molecule has 0 unspecified atom stereocenters. The number of carbonyl (C=O) groups is 2. The van der Waals surface area contributed by atoms with Gasteiger partial charge in [0.25, 0.3) is 0 Å². The van der Waals surface area contributed by atoms with E-state index in [0.29, 0.717) is 6.04 Å². The zero-order valence-corrected chi connectivity index (χ0v) is 10.5. The predicted octanol–water partition coefficient (Wildman–Crippen LogP) is 0.588. The molecule has 0 bridgehead atoms. The lowest BCUT2D eigenvalue weighted by Gasteiger charge is -2.16. The summed E-state index contributed by atoms with van der Waals surface area (Å²) in [5.74, 6) is -0.395. The third-order valence-corrected chi connectivity index (χ3v) is 3.00. The third kappa shape index (κ3) is 6.26. The first-order chi connectivity index (χ1) is 8.22. The molecule has 1 amide bonds. The lowest BCUT2D eigenvalue weighted by atomic mass is 10.1. The molecule has 98 valence electrons. The van der Waals surface area contributed by atoms with Gasteiger partial charge in [0, 0.05) is 6.04 Å². The molecule has 1 saturated carbocycles. The molecule has 0 spiro atoms. The van der Waals surface area contributed by atoms with Gasteiger partial charge in [-0.25, -0.2) is 0 Å². The molecule has 1 aliphatic carbocycles. The number of rotatable bonds is 5. The van der Waals surface area contributed by atoms with Gasteiger partial charge in [0.1, 0.15) is 0 Å². The average Bonchev–Trinajstić information content (AvgIpc) is 2.57. The summed E-state index contributed by atoms with van der Waals surface area (Å²) in [6, 6.07) is 0.310. The minimum absolute atomic E-state index is 0.0409. The summed E-state index contributed by atoms with van der Waals surface area (Å²) in [4.78, 5) is 22.4. The number of hydrogen-bond donors (Lipinski definition) is 2. The smallest absolute Gasteiger partial charge is 0.319 e. The Hall–Kier alpha value is -1.10. The van der Waals surface area contributed by atoms with Gasteiger partial charge < -0.3 is 10.1 Å². The first kappa shape index (κ1) is 14.0.